The van der Waals surface area contributed by atoms with Gasteiger partial charge in [-0.05, 0) is 61.2 Å². The van der Waals surface area contributed by atoms with Crippen molar-refractivity contribution in [2.24, 2.45) is 5.10 Å². The summed E-state index contributed by atoms with van der Waals surface area (Å²) in [5.41, 5.74) is 4.54. The molecule has 6 heteroatoms. The van der Waals surface area contributed by atoms with Gasteiger partial charge in [-0.15, -0.1) is 0 Å². The number of amides is 1. The molecule has 0 saturated carbocycles. The van der Waals surface area contributed by atoms with Crippen LogP contribution < -0.4 is 19.6 Å². The minimum Gasteiger partial charge on any atom is -0.494 e. The van der Waals surface area contributed by atoms with Crippen molar-refractivity contribution in [2.45, 2.75) is 26.2 Å². The Labute approximate surface area is 160 Å². The van der Waals surface area contributed by atoms with Gasteiger partial charge in [0, 0.05) is 6.42 Å². The molecule has 1 N–H and O–H groups in total. The number of ether oxygens (including phenoxy) is 3. The van der Waals surface area contributed by atoms with Crippen LogP contribution in [0.25, 0.3) is 0 Å². The van der Waals surface area contributed by atoms with E-state index >= 15 is 0 Å². The fraction of sp³-hybridized carbons (Fsp3) is 0.333. The van der Waals surface area contributed by atoms with E-state index in [9.17, 15) is 4.79 Å². The molecule has 0 aliphatic heterocycles. The van der Waals surface area contributed by atoms with Crippen molar-refractivity contribution in [3.05, 3.63) is 53.6 Å². The molecule has 0 radical (unpaired) electrons. The highest BCUT2D eigenvalue weighted by Crippen LogP contribution is 2.26. The molecule has 0 aliphatic rings. The van der Waals surface area contributed by atoms with Crippen molar-refractivity contribution in [3.63, 3.8) is 0 Å². The van der Waals surface area contributed by atoms with Crippen LogP contribution >= 0.6 is 0 Å². The largest absolute Gasteiger partial charge is 0.494 e. The molecule has 0 fully saturated rings. The van der Waals surface area contributed by atoms with Crippen molar-refractivity contribution in [3.8, 4) is 17.2 Å². The van der Waals surface area contributed by atoms with Gasteiger partial charge in [-0.25, -0.2) is 5.43 Å². The second kappa shape index (κ2) is 10.9. The summed E-state index contributed by atoms with van der Waals surface area (Å²) in [4.78, 5) is 11.9. The normalized spacial score (nSPS) is 10.6. The van der Waals surface area contributed by atoms with Crippen molar-refractivity contribution in [1.29, 1.82) is 0 Å². The summed E-state index contributed by atoms with van der Waals surface area (Å²) in [6, 6.07) is 13.4. The molecular formula is C21H26N2O4. The van der Waals surface area contributed by atoms with E-state index < -0.39 is 0 Å². The number of nitrogens with one attached hydrogen (secondary N) is 1. The number of nitrogens with zero attached hydrogens (tertiary/aromatic N) is 1. The van der Waals surface area contributed by atoms with Gasteiger partial charge in [0.05, 0.1) is 27.0 Å². The molecule has 2 aromatic carbocycles. The number of carbonyl (C=O) groups excluding carboxylic acids is 1. The summed E-state index contributed by atoms with van der Waals surface area (Å²) in [6.45, 7) is 2.61. The first kappa shape index (κ1) is 20.3. The fourth-order valence-electron chi connectivity index (χ4n) is 2.54. The first-order valence-corrected chi connectivity index (χ1v) is 8.92. The molecular weight excluding hydrogens is 344 g/mol. The van der Waals surface area contributed by atoms with E-state index in [1.807, 2.05) is 37.3 Å². The van der Waals surface area contributed by atoms with E-state index in [1.54, 1.807) is 32.6 Å². The summed E-state index contributed by atoms with van der Waals surface area (Å²) in [5, 5.41) is 3.99. The predicted molar refractivity (Wildman–Crippen MR) is 106 cm³/mol. The number of hydrazone groups is 1. The SMILES string of the molecule is CCOc1ccc(CCCC(=O)N/N=C\c2ccc(OC)c(OC)c2)cc1. The highest BCUT2D eigenvalue weighted by molar-refractivity contribution is 5.83. The average molecular weight is 370 g/mol. The van der Waals surface area contributed by atoms with Crippen LogP contribution in [-0.4, -0.2) is 32.9 Å². The Bertz CT molecular complexity index is 757. The van der Waals surface area contributed by atoms with Crippen LogP contribution in [0.4, 0.5) is 0 Å². The van der Waals surface area contributed by atoms with Gasteiger partial charge in [0.15, 0.2) is 11.5 Å². The van der Waals surface area contributed by atoms with Crippen LogP contribution in [0.1, 0.15) is 30.9 Å². The summed E-state index contributed by atoms with van der Waals surface area (Å²) < 4.78 is 15.8. The molecule has 144 valence electrons. The summed E-state index contributed by atoms with van der Waals surface area (Å²) in [6.07, 6.45) is 3.58. The van der Waals surface area contributed by atoms with Crippen LogP contribution in [0, 0.1) is 0 Å². The zero-order chi connectivity index (χ0) is 19.5. The van der Waals surface area contributed by atoms with Crippen LogP contribution in [0.15, 0.2) is 47.6 Å². The number of carbonyl (C=O) groups is 1. The van der Waals surface area contributed by atoms with Gasteiger partial charge in [0.25, 0.3) is 0 Å². The van der Waals surface area contributed by atoms with Crippen molar-refractivity contribution >= 4 is 12.1 Å². The van der Waals surface area contributed by atoms with E-state index in [0.717, 1.165) is 24.2 Å². The number of hydrogen-bond acceptors (Lipinski definition) is 5. The van der Waals surface area contributed by atoms with E-state index in [4.69, 9.17) is 14.2 Å². The lowest BCUT2D eigenvalue weighted by molar-refractivity contribution is -0.121. The van der Waals surface area contributed by atoms with E-state index in [2.05, 4.69) is 10.5 Å². The van der Waals surface area contributed by atoms with Crippen LogP contribution in [0.5, 0.6) is 17.2 Å². The Balaban J connectivity index is 1.75. The number of hydrogen-bond donors (Lipinski definition) is 1. The Morgan fingerprint density at radius 2 is 1.81 bits per heavy atom. The summed E-state index contributed by atoms with van der Waals surface area (Å²) in [7, 11) is 3.16. The second-order valence-electron chi connectivity index (χ2n) is 5.84. The Morgan fingerprint density at radius 3 is 2.48 bits per heavy atom. The first-order chi connectivity index (χ1) is 13.2. The molecule has 0 atom stereocenters. The van der Waals surface area contributed by atoms with Gasteiger partial charge in [-0.3, -0.25) is 4.79 Å². The first-order valence-electron chi connectivity index (χ1n) is 8.92. The maximum absolute atomic E-state index is 11.9. The average Bonchev–Trinajstić information content (AvgIpc) is 2.69. The molecule has 0 aromatic heterocycles. The number of aryl methyl sites for hydroxylation is 1. The lowest BCUT2D eigenvalue weighted by Gasteiger charge is -2.07. The van der Waals surface area contributed by atoms with Crippen LogP contribution in [-0.2, 0) is 11.2 Å². The van der Waals surface area contributed by atoms with Crippen LogP contribution in [0.3, 0.4) is 0 Å². The molecule has 1 amide bonds. The monoisotopic (exact) mass is 370 g/mol. The zero-order valence-corrected chi connectivity index (χ0v) is 16.0. The van der Waals surface area contributed by atoms with E-state index in [0.29, 0.717) is 24.5 Å². The second-order valence-corrected chi connectivity index (χ2v) is 5.84. The maximum Gasteiger partial charge on any atom is 0.240 e. The van der Waals surface area contributed by atoms with E-state index in [-0.39, 0.29) is 5.91 Å². The Kier molecular flexibility index (Phi) is 8.16. The Hall–Kier alpha value is -3.02. The third-order valence-corrected chi connectivity index (χ3v) is 3.91. The minimum atomic E-state index is -0.113. The predicted octanol–water partition coefficient (Wildman–Crippen LogP) is 3.58. The van der Waals surface area contributed by atoms with Gasteiger partial charge in [0.2, 0.25) is 5.91 Å². The van der Waals surface area contributed by atoms with Crippen molar-refractivity contribution in [2.75, 3.05) is 20.8 Å². The van der Waals surface area contributed by atoms with Crippen molar-refractivity contribution in [1.82, 2.24) is 5.43 Å². The van der Waals surface area contributed by atoms with Crippen molar-refractivity contribution < 1.29 is 19.0 Å². The fourth-order valence-corrected chi connectivity index (χ4v) is 2.54. The maximum atomic E-state index is 11.9. The lowest BCUT2D eigenvalue weighted by atomic mass is 10.1. The summed E-state index contributed by atoms with van der Waals surface area (Å²) >= 11 is 0. The molecule has 0 aliphatic carbocycles. The third kappa shape index (κ3) is 6.66. The Morgan fingerprint density at radius 1 is 1.07 bits per heavy atom. The highest BCUT2D eigenvalue weighted by atomic mass is 16.5. The highest BCUT2D eigenvalue weighted by Gasteiger charge is 2.04. The molecule has 2 aromatic rings. The van der Waals surface area contributed by atoms with Gasteiger partial charge in [0.1, 0.15) is 5.75 Å². The van der Waals surface area contributed by atoms with Gasteiger partial charge < -0.3 is 14.2 Å². The number of benzene rings is 2. The van der Waals surface area contributed by atoms with Gasteiger partial charge >= 0.3 is 0 Å². The zero-order valence-electron chi connectivity index (χ0n) is 16.0. The molecule has 27 heavy (non-hydrogen) atoms. The molecule has 0 spiro atoms. The quantitative estimate of drug-likeness (QED) is 0.513. The minimum absolute atomic E-state index is 0.113. The molecule has 6 nitrogen and oxygen atoms in total. The molecule has 0 bridgehead atoms. The van der Waals surface area contributed by atoms with Gasteiger partial charge in [-0.1, -0.05) is 12.1 Å². The lowest BCUT2D eigenvalue weighted by Crippen LogP contribution is -2.17. The number of rotatable bonds is 10. The van der Waals surface area contributed by atoms with Gasteiger partial charge in [-0.2, -0.15) is 5.10 Å². The molecule has 0 unspecified atom stereocenters. The standard InChI is InChI=1S/C21H26N2O4/c1-4-27-18-11-8-16(9-12-18)6-5-7-21(24)23-22-15-17-10-13-19(25-2)20(14-17)26-3/h8-15H,4-7H2,1-3H3,(H,23,24)/b22-15-. The molecule has 2 rings (SSSR count). The summed E-state index contributed by atoms with van der Waals surface area (Å²) in [5.74, 6) is 2.01. The topological polar surface area (TPSA) is 69.2 Å². The number of methoxy groups -OCH3 is 2. The van der Waals surface area contributed by atoms with Crippen LogP contribution in [0.2, 0.25) is 0 Å². The molecule has 0 saturated heterocycles. The molecule has 0 heterocycles. The third-order valence-electron chi connectivity index (χ3n) is 3.91. The van der Waals surface area contributed by atoms with E-state index in [1.165, 1.54) is 5.56 Å². The smallest absolute Gasteiger partial charge is 0.240 e.